The summed E-state index contributed by atoms with van der Waals surface area (Å²) in [5.74, 6) is 1.15. The third-order valence-corrected chi connectivity index (χ3v) is 7.66. The second-order valence-corrected chi connectivity index (χ2v) is 10.4. The van der Waals surface area contributed by atoms with E-state index in [1.54, 1.807) is 11.0 Å². The number of nitrogens with two attached hydrogens (primary N) is 1. The molecule has 1 aliphatic heterocycles. The predicted octanol–water partition coefficient (Wildman–Crippen LogP) is 2.55. The third-order valence-electron chi connectivity index (χ3n) is 7.66. The smallest absolute Gasteiger partial charge is 0.319 e. The van der Waals surface area contributed by atoms with Gasteiger partial charge in [-0.25, -0.2) is 14.4 Å². The molecule has 1 amide bonds. The number of nitrogens with one attached hydrogen (secondary N) is 1. The van der Waals surface area contributed by atoms with Crippen molar-refractivity contribution in [3.8, 4) is 17.8 Å². The maximum atomic E-state index is 15.2. The fourth-order valence-corrected chi connectivity index (χ4v) is 4.77. The Balaban J connectivity index is 1.23. The normalized spacial score (nSPS) is 24.7. The van der Waals surface area contributed by atoms with E-state index in [0.29, 0.717) is 43.6 Å². The van der Waals surface area contributed by atoms with Crippen molar-refractivity contribution in [1.82, 2.24) is 25.3 Å². The van der Waals surface area contributed by atoms with Gasteiger partial charge in [-0.05, 0) is 25.2 Å². The SMILES string of the molecule is N#C[C@@H]1C[C@@H]1COc1nc(C(=O)NCCC2CCC2)cc(N2CC[C@H](COc3cncnc3N)[C@@H](F)C2)n1. The number of carbonyl (C=O) groups excluding carboxylic acids is 1. The summed E-state index contributed by atoms with van der Waals surface area (Å²) in [7, 11) is 0. The third kappa shape index (κ3) is 6.38. The second kappa shape index (κ2) is 11.8. The molecule has 2 aromatic rings. The van der Waals surface area contributed by atoms with Gasteiger partial charge in [-0.2, -0.15) is 15.2 Å². The van der Waals surface area contributed by atoms with Crippen LogP contribution < -0.4 is 25.4 Å². The molecule has 0 radical (unpaired) electrons. The highest BCUT2D eigenvalue weighted by molar-refractivity contribution is 5.93. The first-order valence-electron chi connectivity index (χ1n) is 13.3. The van der Waals surface area contributed by atoms with Gasteiger partial charge in [0.25, 0.3) is 5.91 Å². The van der Waals surface area contributed by atoms with Crippen LogP contribution in [0.1, 0.15) is 49.0 Å². The van der Waals surface area contributed by atoms with E-state index in [1.165, 1.54) is 31.8 Å². The summed E-state index contributed by atoms with van der Waals surface area (Å²) in [6, 6.07) is 3.89. The first-order chi connectivity index (χ1) is 18.5. The van der Waals surface area contributed by atoms with Gasteiger partial charge in [0.2, 0.25) is 0 Å². The van der Waals surface area contributed by atoms with E-state index in [1.807, 2.05) is 0 Å². The molecular formula is C26H33FN8O3. The van der Waals surface area contributed by atoms with Crippen LogP contribution in [0.3, 0.4) is 0 Å². The van der Waals surface area contributed by atoms with Gasteiger partial charge < -0.3 is 25.4 Å². The van der Waals surface area contributed by atoms with Crippen LogP contribution in [0.2, 0.25) is 0 Å². The Morgan fingerprint density at radius 3 is 2.79 bits per heavy atom. The summed E-state index contributed by atoms with van der Waals surface area (Å²) >= 11 is 0. The van der Waals surface area contributed by atoms with Crippen molar-refractivity contribution in [1.29, 1.82) is 5.26 Å². The molecule has 2 aliphatic carbocycles. The lowest BCUT2D eigenvalue weighted by molar-refractivity contribution is 0.0942. The molecule has 1 saturated heterocycles. The van der Waals surface area contributed by atoms with Crippen molar-refractivity contribution in [2.75, 3.05) is 43.5 Å². The molecule has 0 spiro atoms. The molecule has 4 atom stereocenters. The largest absolute Gasteiger partial charge is 0.488 e. The number of hydrogen-bond acceptors (Lipinski definition) is 10. The van der Waals surface area contributed by atoms with E-state index in [9.17, 15) is 4.79 Å². The molecule has 38 heavy (non-hydrogen) atoms. The van der Waals surface area contributed by atoms with E-state index in [2.05, 4.69) is 31.3 Å². The number of rotatable bonds is 11. The van der Waals surface area contributed by atoms with Crippen LogP contribution in [0.4, 0.5) is 16.0 Å². The van der Waals surface area contributed by atoms with Crippen LogP contribution in [0.15, 0.2) is 18.6 Å². The van der Waals surface area contributed by atoms with E-state index < -0.39 is 6.17 Å². The maximum Gasteiger partial charge on any atom is 0.319 e. The predicted molar refractivity (Wildman–Crippen MR) is 136 cm³/mol. The average Bonchev–Trinajstić information content (AvgIpc) is 3.67. The number of ether oxygens (including phenoxy) is 2. The lowest BCUT2D eigenvalue weighted by Crippen LogP contribution is -2.44. The molecule has 3 fully saturated rings. The van der Waals surface area contributed by atoms with Crippen LogP contribution in [-0.2, 0) is 0 Å². The number of nitriles is 1. The average molecular weight is 525 g/mol. The van der Waals surface area contributed by atoms with Crippen molar-refractivity contribution >= 4 is 17.5 Å². The molecule has 3 N–H and O–H groups in total. The Hall–Kier alpha value is -3.75. The van der Waals surface area contributed by atoms with Gasteiger partial charge in [0.1, 0.15) is 24.0 Å². The summed E-state index contributed by atoms with van der Waals surface area (Å²) in [5, 5.41) is 12.0. The molecule has 2 aromatic heterocycles. The van der Waals surface area contributed by atoms with E-state index in [4.69, 9.17) is 20.5 Å². The molecule has 12 heteroatoms. The number of carbonyl (C=O) groups is 1. The summed E-state index contributed by atoms with van der Waals surface area (Å²) < 4.78 is 26.7. The van der Waals surface area contributed by atoms with E-state index in [-0.39, 0.29) is 54.3 Å². The number of alkyl halides is 1. The van der Waals surface area contributed by atoms with Crippen molar-refractivity contribution in [2.45, 2.75) is 44.7 Å². The van der Waals surface area contributed by atoms with Crippen molar-refractivity contribution in [3.63, 3.8) is 0 Å². The van der Waals surface area contributed by atoms with Crippen molar-refractivity contribution < 1.29 is 18.7 Å². The molecule has 0 unspecified atom stereocenters. The minimum absolute atomic E-state index is 0.0150. The van der Waals surface area contributed by atoms with Gasteiger partial charge in [-0.15, -0.1) is 0 Å². The molecule has 2 saturated carbocycles. The molecule has 11 nitrogen and oxygen atoms in total. The minimum atomic E-state index is -1.18. The Morgan fingerprint density at radius 1 is 1.24 bits per heavy atom. The summed E-state index contributed by atoms with van der Waals surface area (Å²) in [5.41, 5.74) is 5.97. The first-order valence-corrected chi connectivity index (χ1v) is 13.3. The molecule has 3 aliphatic rings. The van der Waals surface area contributed by atoms with Crippen LogP contribution >= 0.6 is 0 Å². The lowest BCUT2D eigenvalue weighted by Gasteiger charge is -2.35. The number of nitrogens with zero attached hydrogens (tertiary/aromatic N) is 6. The zero-order valence-electron chi connectivity index (χ0n) is 21.3. The van der Waals surface area contributed by atoms with Gasteiger partial charge in [0, 0.05) is 31.0 Å². The second-order valence-electron chi connectivity index (χ2n) is 10.4. The van der Waals surface area contributed by atoms with Crippen molar-refractivity contribution in [2.24, 2.45) is 23.7 Å². The van der Waals surface area contributed by atoms with Gasteiger partial charge in [-0.1, -0.05) is 19.3 Å². The fourth-order valence-electron chi connectivity index (χ4n) is 4.77. The number of hydrogen-bond donors (Lipinski definition) is 2. The molecule has 5 rings (SSSR count). The van der Waals surface area contributed by atoms with Gasteiger partial charge in [0.05, 0.1) is 37.9 Å². The van der Waals surface area contributed by atoms with Gasteiger partial charge in [-0.3, -0.25) is 4.79 Å². The van der Waals surface area contributed by atoms with Gasteiger partial charge in [0.15, 0.2) is 11.6 Å². The van der Waals surface area contributed by atoms with Crippen LogP contribution in [0.25, 0.3) is 0 Å². The first kappa shape index (κ1) is 25.9. The van der Waals surface area contributed by atoms with Crippen molar-refractivity contribution in [3.05, 3.63) is 24.3 Å². The number of halogens is 1. The zero-order chi connectivity index (χ0) is 26.5. The number of amides is 1. The molecule has 3 heterocycles. The summed E-state index contributed by atoms with van der Waals surface area (Å²) in [6.07, 6.45) is 7.55. The summed E-state index contributed by atoms with van der Waals surface area (Å²) in [6.45, 7) is 1.66. The summed E-state index contributed by atoms with van der Waals surface area (Å²) in [4.78, 5) is 31.3. The zero-order valence-corrected chi connectivity index (χ0v) is 21.3. The van der Waals surface area contributed by atoms with Crippen LogP contribution in [-0.4, -0.2) is 64.9 Å². The van der Waals surface area contributed by atoms with Crippen LogP contribution in [0.5, 0.6) is 11.8 Å². The van der Waals surface area contributed by atoms with E-state index >= 15 is 4.39 Å². The van der Waals surface area contributed by atoms with E-state index in [0.717, 1.165) is 12.8 Å². The number of nitrogen functional groups attached to an aromatic ring is 1. The molecule has 202 valence electrons. The lowest BCUT2D eigenvalue weighted by atomic mass is 9.83. The fraction of sp³-hybridized carbons (Fsp3) is 0.615. The highest BCUT2D eigenvalue weighted by Gasteiger charge is 2.38. The quantitative estimate of drug-likeness (QED) is 0.448. The Kier molecular flexibility index (Phi) is 8.00. The highest BCUT2D eigenvalue weighted by atomic mass is 19.1. The standard InChI is InChI=1S/C26H33FN8O3/c27-20-12-35(7-5-17(20)13-37-22-11-30-15-32-24(22)29)23-9-21(25(36)31-6-4-16-2-1-3-16)33-26(34-23)38-14-19-8-18(19)10-28/h9,11,15-20H,1-8,12-14H2,(H,31,36)(H2,29,30,32)/t17-,18+,19-,20+/m1/s1. The monoisotopic (exact) mass is 524 g/mol. The Bertz CT molecular complexity index is 1170. The number of anilines is 2. The Morgan fingerprint density at radius 2 is 2.08 bits per heavy atom. The maximum absolute atomic E-state index is 15.2. The van der Waals surface area contributed by atoms with Crippen LogP contribution in [0, 0.1) is 35.0 Å². The minimum Gasteiger partial charge on any atom is -0.488 e. The number of aromatic nitrogens is 4. The highest BCUT2D eigenvalue weighted by Crippen LogP contribution is 2.38. The molecule has 0 aromatic carbocycles. The number of piperidine rings is 1. The van der Waals surface area contributed by atoms with Gasteiger partial charge >= 0.3 is 6.01 Å². The molecular weight excluding hydrogens is 491 g/mol. The topological polar surface area (TPSA) is 152 Å². The Labute approximate surface area is 221 Å². The molecule has 0 bridgehead atoms.